The molecule has 5 nitrogen and oxygen atoms in total. The molecule has 0 bridgehead atoms. The Hall–Kier alpha value is -2.66. The first-order valence-electron chi connectivity index (χ1n) is 10.0. The van der Waals surface area contributed by atoms with Crippen LogP contribution in [0.4, 0.5) is 5.69 Å². The molecule has 28 heavy (non-hydrogen) atoms. The zero-order valence-electron chi connectivity index (χ0n) is 16.3. The minimum absolute atomic E-state index is 0.132. The molecule has 1 aliphatic heterocycles. The zero-order valence-corrected chi connectivity index (χ0v) is 16.3. The van der Waals surface area contributed by atoms with Gasteiger partial charge in [-0.15, -0.1) is 0 Å². The minimum atomic E-state index is -0.132. The van der Waals surface area contributed by atoms with E-state index in [1.54, 1.807) is 0 Å². The van der Waals surface area contributed by atoms with Crippen molar-refractivity contribution < 1.29 is 9.59 Å². The van der Waals surface area contributed by atoms with Gasteiger partial charge in [-0.1, -0.05) is 29.8 Å². The van der Waals surface area contributed by atoms with Crippen molar-refractivity contribution in [3.63, 3.8) is 0 Å². The second kappa shape index (κ2) is 7.76. The molecular weight excluding hydrogens is 350 g/mol. The van der Waals surface area contributed by atoms with Gasteiger partial charge in [0.1, 0.15) is 0 Å². The summed E-state index contributed by atoms with van der Waals surface area (Å²) in [4.78, 5) is 24.9. The smallest absolute Gasteiger partial charge is 0.255 e. The molecule has 0 aromatic heterocycles. The van der Waals surface area contributed by atoms with E-state index in [0.29, 0.717) is 12.1 Å². The minimum Gasteiger partial charge on any atom is -0.352 e. The molecule has 146 valence electrons. The Bertz CT molecular complexity index is 870. The van der Waals surface area contributed by atoms with E-state index in [1.807, 2.05) is 55.5 Å². The van der Waals surface area contributed by atoms with E-state index in [9.17, 15) is 9.59 Å². The number of carbonyl (C=O) groups excluding carboxylic acids is 2. The van der Waals surface area contributed by atoms with Gasteiger partial charge in [-0.05, 0) is 74.5 Å². The molecule has 1 atom stereocenters. The summed E-state index contributed by atoms with van der Waals surface area (Å²) >= 11 is 0. The first kappa shape index (κ1) is 18.7. The summed E-state index contributed by atoms with van der Waals surface area (Å²) in [5, 5.41) is 9.38. The Kier molecular flexibility index (Phi) is 5.18. The summed E-state index contributed by atoms with van der Waals surface area (Å²) in [5.41, 5.74) is 3.72. The van der Waals surface area contributed by atoms with Gasteiger partial charge < -0.3 is 16.0 Å². The average molecular weight is 377 g/mol. The van der Waals surface area contributed by atoms with Crippen molar-refractivity contribution in [1.82, 2.24) is 10.6 Å². The monoisotopic (exact) mass is 377 g/mol. The fraction of sp³-hybridized carbons (Fsp3) is 0.391. The maximum Gasteiger partial charge on any atom is 0.255 e. The Morgan fingerprint density at radius 1 is 1.11 bits per heavy atom. The quantitative estimate of drug-likeness (QED) is 0.749. The summed E-state index contributed by atoms with van der Waals surface area (Å²) in [6, 6.07) is 15.1. The van der Waals surface area contributed by atoms with E-state index < -0.39 is 0 Å². The van der Waals surface area contributed by atoms with Gasteiger partial charge in [0.05, 0.1) is 0 Å². The number of anilines is 1. The lowest BCUT2D eigenvalue weighted by Crippen LogP contribution is -2.33. The van der Waals surface area contributed by atoms with Crippen molar-refractivity contribution in [3.05, 3.63) is 65.2 Å². The summed E-state index contributed by atoms with van der Waals surface area (Å²) in [7, 11) is 0. The van der Waals surface area contributed by atoms with E-state index in [2.05, 4.69) is 16.0 Å². The molecule has 2 aromatic rings. The van der Waals surface area contributed by atoms with Gasteiger partial charge in [0, 0.05) is 23.7 Å². The van der Waals surface area contributed by atoms with Gasteiger partial charge in [-0.25, -0.2) is 0 Å². The number of amides is 2. The molecule has 1 saturated heterocycles. The lowest BCUT2D eigenvalue weighted by atomic mass is 9.92. The van der Waals surface area contributed by atoms with Crippen LogP contribution in [0, 0.1) is 18.3 Å². The van der Waals surface area contributed by atoms with Gasteiger partial charge in [0.2, 0.25) is 5.91 Å². The fourth-order valence-electron chi connectivity index (χ4n) is 4.18. The van der Waals surface area contributed by atoms with Crippen LogP contribution in [-0.4, -0.2) is 24.9 Å². The van der Waals surface area contributed by atoms with E-state index in [4.69, 9.17) is 0 Å². The third kappa shape index (κ3) is 4.09. The highest BCUT2D eigenvalue weighted by atomic mass is 16.2. The van der Waals surface area contributed by atoms with Crippen molar-refractivity contribution in [2.24, 2.45) is 11.3 Å². The van der Waals surface area contributed by atoms with Crippen molar-refractivity contribution in [3.8, 4) is 0 Å². The molecule has 1 aliphatic carbocycles. The fourth-order valence-corrected chi connectivity index (χ4v) is 4.18. The largest absolute Gasteiger partial charge is 0.352 e. The van der Waals surface area contributed by atoms with Crippen molar-refractivity contribution in [1.29, 1.82) is 0 Å². The predicted molar refractivity (Wildman–Crippen MR) is 110 cm³/mol. The molecule has 1 unspecified atom stereocenters. The lowest BCUT2D eigenvalue weighted by molar-refractivity contribution is -0.123. The van der Waals surface area contributed by atoms with E-state index in [0.717, 1.165) is 49.2 Å². The highest BCUT2D eigenvalue weighted by Crippen LogP contribution is 2.58. The van der Waals surface area contributed by atoms with Crippen LogP contribution >= 0.6 is 0 Å². The first-order chi connectivity index (χ1) is 13.6. The highest BCUT2D eigenvalue weighted by Gasteiger charge is 2.57. The Morgan fingerprint density at radius 3 is 2.61 bits per heavy atom. The second-order valence-corrected chi connectivity index (χ2v) is 8.11. The standard InChI is InChI=1S/C23H27N3O2/c1-16-5-7-18(8-6-16)21(27)26-19-4-2-3-17(13-19)15-25-22(28)20-14-23(20)9-11-24-12-10-23/h2-8,13,20,24H,9-12,14-15H2,1H3,(H,25,28)(H,26,27). The van der Waals surface area contributed by atoms with Crippen LogP contribution in [0.3, 0.4) is 0 Å². The topological polar surface area (TPSA) is 70.2 Å². The van der Waals surface area contributed by atoms with E-state index >= 15 is 0 Å². The van der Waals surface area contributed by atoms with Crippen LogP contribution in [0.15, 0.2) is 48.5 Å². The third-order valence-electron chi connectivity index (χ3n) is 6.07. The normalized spacial score (nSPS) is 19.8. The van der Waals surface area contributed by atoms with E-state index in [1.165, 1.54) is 0 Å². The molecule has 2 aromatic carbocycles. The van der Waals surface area contributed by atoms with Crippen LogP contribution in [0.2, 0.25) is 0 Å². The summed E-state index contributed by atoms with van der Waals surface area (Å²) in [6.45, 7) is 4.52. The van der Waals surface area contributed by atoms with Crippen LogP contribution < -0.4 is 16.0 Å². The Morgan fingerprint density at radius 2 is 1.86 bits per heavy atom. The molecule has 2 amide bonds. The molecule has 5 heteroatoms. The molecule has 2 aliphatic rings. The third-order valence-corrected chi connectivity index (χ3v) is 6.07. The molecule has 1 heterocycles. The molecule has 0 radical (unpaired) electrons. The number of piperidine rings is 1. The number of rotatable bonds is 5. The van der Waals surface area contributed by atoms with Gasteiger partial charge in [-0.3, -0.25) is 9.59 Å². The average Bonchev–Trinajstić information content (AvgIpc) is 3.40. The molecular formula is C23H27N3O2. The maximum absolute atomic E-state index is 12.5. The van der Waals surface area contributed by atoms with Crippen LogP contribution in [0.1, 0.15) is 40.7 Å². The number of nitrogens with one attached hydrogen (secondary N) is 3. The van der Waals surface area contributed by atoms with Gasteiger partial charge in [0.25, 0.3) is 5.91 Å². The number of hydrogen-bond donors (Lipinski definition) is 3. The van der Waals surface area contributed by atoms with Gasteiger partial charge >= 0.3 is 0 Å². The summed E-state index contributed by atoms with van der Waals surface area (Å²) in [5.74, 6) is 0.196. The van der Waals surface area contributed by atoms with E-state index in [-0.39, 0.29) is 23.1 Å². The van der Waals surface area contributed by atoms with Crippen LogP contribution in [0.25, 0.3) is 0 Å². The molecule has 2 fully saturated rings. The van der Waals surface area contributed by atoms with Gasteiger partial charge in [-0.2, -0.15) is 0 Å². The molecule has 4 rings (SSSR count). The maximum atomic E-state index is 12.5. The molecule has 1 saturated carbocycles. The number of benzene rings is 2. The second-order valence-electron chi connectivity index (χ2n) is 8.11. The van der Waals surface area contributed by atoms with Crippen LogP contribution in [0.5, 0.6) is 0 Å². The van der Waals surface area contributed by atoms with Crippen LogP contribution in [-0.2, 0) is 11.3 Å². The number of aryl methyl sites for hydroxylation is 1. The van der Waals surface area contributed by atoms with Gasteiger partial charge in [0.15, 0.2) is 0 Å². The zero-order chi connectivity index (χ0) is 19.6. The lowest BCUT2D eigenvalue weighted by Gasteiger charge is -2.23. The Balaban J connectivity index is 1.32. The SMILES string of the molecule is Cc1ccc(C(=O)Nc2cccc(CNC(=O)C3CC34CCNCC4)c2)cc1. The number of hydrogen-bond acceptors (Lipinski definition) is 3. The summed E-state index contributed by atoms with van der Waals surface area (Å²) in [6.07, 6.45) is 3.23. The highest BCUT2D eigenvalue weighted by molar-refractivity contribution is 6.04. The first-order valence-corrected chi connectivity index (χ1v) is 10.0. The summed E-state index contributed by atoms with van der Waals surface area (Å²) < 4.78 is 0. The predicted octanol–water partition coefficient (Wildman–Crippen LogP) is 3.25. The number of carbonyl (C=O) groups is 2. The molecule has 3 N–H and O–H groups in total. The Labute approximate surface area is 165 Å². The molecule has 1 spiro atoms. The van der Waals surface area contributed by atoms with Crippen molar-refractivity contribution >= 4 is 17.5 Å². The van der Waals surface area contributed by atoms with Crippen molar-refractivity contribution in [2.45, 2.75) is 32.7 Å². The van der Waals surface area contributed by atoms with Crippen molar-refractivity contribution in [2.75, 3.05) is 18.4 Å².